The Bertz CT molecular complexity index is 2210. The molecule has 11 heteroatoms. The Kier molecular flexibility index (Phi) is 10.1. The van der Waals surface area contributed by atoms with Crippen molar-refractivity contribution in [3.8, 4) is 33.9 Å². The normalized spacial score (nSPS) is 13.2. The Balaban J connectivity index is 1.17. The molecule has 0 amide bonds. The van der Waals surface area contributed by atoms with E-state index < -0.39 is 16.0 Å². The number of allylic oxidation sites excluding steroid dienone is 3. The van der Waals surface area contributed by atoms with Crippen molar-refractivity contribution in [1.82, 2.24) is 9.55 Å². The lowest BCUT2D eigenvalue weighted by molar-refractivity contribution is -0.132. The number of carboxylic acid groups (broad SMARTS) is 1. The zero-order chi connectivity index (χ0) is 34.5. The van der Waals surface area contributed by atoms with Gasteiger partial charge in [0.1, 0.15) is 17.3 Å². The largest absolute Gasteiger partial charge is 0.478 e. The van der Waals surface area contributed by atoms with Crippen LogP contribution in [0.1, 0.15) is 24.2 Å². The predicted molar refractivity (Wildman–Crippen MR) is 197 cm³/mol. The summed E-state index contributed by atoms with van der Waals surface area (Å²) in [5.74, 6) is 1.09. The fraction of sp³-hybridized carbons (Fsp3) is 0.105. The second-order valence-electron chi connectivity index (χ2n) is 11.5. The Labute approximate surface area is 294 Å². The molecule has 1 aliphatic carbocycles. The van der Waals surface area contributed by atoms with Crippen LogP contribution in [-0.4, -0.2) is 35.3 Å². The summed E-state index contributed by atoms with van der Waals surface area (Å²) < 4.78 is 33.2. The van der Waals surface area contributed by atoms with Crippen molar-refractivity contribution in [3.63, 3.8) is 0 Å². The number of imidazole rings is 1. The van der Waals surface area contributed by atoms with Crippen LogP contribution in [0.5, 0.6) is 11.5 Å². The molecule has 5 aromatic rings. The lowest BCUT2D eigenvalue weighted by atomic mass is 9.98. The number of nitrogens with one attached hydrogen (secondary N) is 1. The SMILES string of the molecule is CS(=O)(=O)Nc1ccc(Oc2ccc(-c3ccc(/C=C/c4nc(-c5ccc(Cl)cc5Cl)cn4CC4=CC=C(C(=O)O)CC4)cc3)cc2)cc1. The van der Waals surface area contributed by atoms with Crippen molar-refractivity contribution in [2.24, 2.45) is 0 Å². The van der Waals surface area contributed by atoms with E-state index in [0.29, 0.717) is 57.9 Å². The first-order valence-electron chi connectivity index (χ1n) is 15.3. The summed E-state index contributed by atoms with van der Waals surface area (Å²) in [4.78, 5) is 16.2. The quantitative estimate of drug-likeness (QED) is 0.141. The molecule has 4 aromatic carbocycles. The molecule has 8 nitrogen and oxygen atoms in total. The van der Waals surface area contributed by atoms with Gasteiger partial charge in [-0.05, 0) is 90.2 Å². The predicted octanol–water partition coefficient (Wildman–Crippen LogP) is 9.59. The summed E-state index contributed by atoms with van der Waals surface area (Å²) in [7, 11) is -3.34. The van der Waals surface area contributed by atoms with E-state index in [2.05, 4.69) is 4.72 Å². The van der Waals surface area contributed by atoms with E-state index in [4.69, 9.17) is 32.9 Å². The highest BCUT2D eigenvalue weighted by Crippen LogP contribution is 2.32. The lowest BCUT2D eigenvalue weighted by Crippen LogP contribution is -2.09. The number of aromatic nitrogens is 2. The molecule has 0 atom stereocenters. The lowest BCUT2D eigenvalue weighted by Gasteiger charge is -2.13. The first-order chi connectivity index (χ1) is 23.5. The Hall–Kier alpha value is -5.09. The number of nitrogens with zero attached hydrogens (tertiary/aromatic N) is 2. The third-order valence-electron chi connectivity index (χ3n) is 7.81. The van der Waals surface area contributed by atoms with Crippen LogP contribution in [-0.2, 0) is 21.4 Å². The summed E-state index contributed by atoms with van der Waals surface area (Å²) in [6, 6.07) is 27.9. The van der Waals surface area contributed by atoms with Gasteiger partial charge >= 0.3 is 5.97 Å². The van der Waals surface area contributed by atoms with Crippen LogP contribution in [0.3, 0.4) is 0 Å². The third-order valence-corrected chi connectivity index (χ3v) is 8.97. The fourth-order valence-corrected chi connectivity index (χ4v) is 6.41. The molecule has 0 spiro atoms. The van der Waals surface area contributed by atoms with E-state index in [1.807, 2.05) is 83.6 Å². The summed E-state index contributed by atoms with van der Waals surface area (Å²) >= 11 is 12.6. The van der Waals surface area contributed by atoms with E-state index in [9.17, 15) is 18.3 Å². The van der Waals surface area contributed by atoms with Gasteiger partial charge in [0.25, 0.3) is 0 Å². The number of benzene rings is 4. The number of carbonyl (C=O) groups is 1. The van der Waals surface area contributed by atoms with E-state index in [1.54, 1.807) is 42.5 Å². The molecule has 0 radical (unpaired) electrons. The fourth-order valence-electron chi connectivity index (χ4n) is 5.34. The van der Waals surface area contributed by atoms with Crippen molar-refractivity contribution in [2.45, 2.75) is 19.4 Å². The number of sulfonamides is 1. The Morgan fingerprint density at radius 1 is 0.898 bits per heavy atom. The van der Waals surface area contributed by atoms with Crippen molar-refractivity contribution < 1.29 is 23.1 Å². The molecule has 2 N–H and O–H groups in total. The molecule has 1 aliphatic rings. The number of hydrogen-bond donors (Lipinski definition) is 2. The maximum absolute atomic E-state index is 11.4. The van der Waals surface area contributed by atoms with Crippen LogP contribution in [0.15, 0.2) is 120 Å². The summed E-state index contributed by atoms with van der Waals surface area (Å²) in [5.41, 5.74) is 6.51. The van der Waals surface area contributed by atoms with Crippen LogP contribution >= 0.6 is 23.2 Å². The first kappa shape index (κ1) is 33.8. The third kappa shape index (κ3) is 8.88. The highest BCUT2D eigenvalue weighted by atomic mass is 35.5. The first-order valence-corrected chi connectivity index (χ1v) is 17.9. The van der Waals surface area contributed by atoms with Gasteiger partial charge in [0.2, 0.25) is 10.0 Å². The number of halogens is 2. The zero-order valence-electron chi connectivity index (χ0n) is 26.3. The number of rotatable bonds is 11. The monoisotopic (exact) mass is 711 g/mol. The molecular weight excluding hydrogens is 681 g/mol. The average molecular weight is 713 g/mol. The summed E-state index contributed by atoms with van der Waals surface area (Å²) in [6.07, 6.45) is 11.7. The van der Waals surface area contributed by atoms with E-state index in [-0.39, 0.29) is 0 Å². The molecule has 49 heavy (non-hydrogen) atoms. The van der Waals surface area contributed by atoms with Gasteiger partial charge < -0.3 is 14.4 Å². The molecule has 0 saturated carbocycles. The minimum atomic E-state index is -3.34. The average Bonchev–Trinajstić information content (AvgIpc) is 3.46. The maximum Gasteiger partial charge on any atom is 0.331 e. The van der Waals surface area contributed by atoms with Gasteiger partial charge in [0.05, 0.1) is 17.0 Å². The van der Waals surface area contributed by atoms with Crippen molar-refractivity contribution >= 4 is 57.0 Å². The van der Waals surface area contributed by atoms with Crippen molar-refractivity contribution in [1.29, 1.82) is 0 Å². The number of aliphatic carboxylic acids is 1. The van der Waals surface area contributed by atoms with E-state index in [1.165, 1.54) is 0 Å². The molecule has 1 aromatic heterocycles. The van der Waals surface area contributed by atoms with E-state index >= 15 is 0 Å². The highest BCUT2D eigenvalue weighted by molar-refractivity contribution is 7.92. The zero-order valence-corrected chi connectivity index (χ0v) is 28.6. The van der Waals surface area contributed by atoms with Crippen LogP contribution in [0, 0.1) is 0 Å². The van der Waals surface area contributed by atoms with Gasteiger partial charge in [-0.25, -0.2) is 18.2 Å². The van der Waals surface area contributed by atoms with Gasteiger partial charge in [-0.2, -0.15) is 0 Å². The molecular formula is C38H31Cl2N3O5S. The number of carboxylic acids is 1. The Morgan fingerprint density at radius 3 is 2.14 bits per heavy atom. The number of anilines is 1. The van der Waals surface area contributed by atoms with Gasteiger partial charge in [-0.1, -0.05) is 83.4 Å². The number of ether oxygens (including phenoxy) is 1. The van der Waals surface area contributed by atoms with Crippen molar-refractivity contribution in [2.75, 3.05) is 11.0 Å². The highest BCUT2D eigenvalue weighted by Gasteiger charge is 2.16. The second kappa shape index (κ2) is 14.6. The molecule has 248 valence electrons. The summed E-state index contributed by atoms with van der Waals surface area (Å²) in [6.45, 7) is 0.561. The van der Waals surface area contributed by atoms with Gasteiger partial charge in [0.15, 0.2) is 0 Å². The second-order valence-corrected chi connectivity index (χ2v) is 14.1. The molecule has 1 heterocycles. The van der Waals surface area contributed by atoms with Crippen LogP contribution in [0.25, 0.3) is 34.5 Å². The summed E-state index contributed by atoms with van der Waals surface area (Å²) in [5, 5.41) is 10.4. The standard InChI is InChI=1S/C38H31Cl2N3O5S/c1-49(46,47)42-31-14-18-33(19-15-31)48-32-16-11-28(12-17-32)27-7-2-25(3-8-27)6-21-37-41-36(34-20-13-30(39)22-35(34)40)24-43(37)23-26-4-9-29(10-5-26)38(44)45/h2-4,6-9,11-22,24,42H,5,10,23H2,1H3,(H,44,45)/b21-6+. The van der Waals surface area contributed by atoms with Crippen LogP contribution in [0.4, 0.5) is 5.69 Å². The maximum atomic E-state index is 11.4. The minimum absolute atomic E-state index is 0.407. The molecule has 0 bridgehead atoms. The van der Waals surface area contributed by atoms with Crippen molar-refractivity contribution in [3.05, 3.63) is 142 Å². The Morgan fingerprint density at radius 2 is 1.55 bits per heavy atom. The molecule has 6 rings (SSSR count). The smallest absolute Gasteiger partial charge is 0.331 e. The topological polar surface area (TPSA) is 111 Å². The van der Waals surface area contributed by atoms with E-state index in [0.717, 1.165) is 39.9 Å². The molecule has 0 saturated heterocycles. The van der Waals surface area contributed by atoms with Gasteiger partial charge in [-0.15, -0.1) is 0 Å². The molecule has 0 unspecified atom stereocenters. The van der Waals surface area contributed by atoms with Gasteiger partial charge in [-0.3, -0.25) is 4.72 Å². The molecule has 0 fully saturated rings. The van der Waals surface area contributed by atoms with Gasteiger partial charge in [0, 0.05) is 34.6 Å². The minimum Gasteiger partial charge on any atom is -0.478 e. The van der Waals surface area contributed by atoms with Crippen LogP contribution < -0.4 is 9.46 Å². The molecule has 0 aliphatic heterocycles. The van der Waals surface area contributed by atoms with Crippen LogP contribution in [0.2, 0.25) is 10.0 Å². The number of hydrogen-bond acceptors (Lipinski definition) is 5.